The maximum absolute atomic E-state index is 11.9. The van der Waals surface area contributed by atoms with Gasteiger partial charge in [-0.1, -0.05) is 0 Å². The zero-order chi connectivity index (χ0) is 16.9. The molecular formula is C16H14N5O3+. The van der Waals surface area contributed by atoms with Gasteiger partial charge in [-0.25, -0.2) is 10.2 Å². The van der Waals surface area contributed by atoms with E-state index in [0.717, 1.165) is 11.3 Å². The predicted octanol–water partition coefficient (Wildman–Crippen LogP) is 0.794. The number of hydrogen-bond acceptors (Lipinski definition) is 5. The van der Waals surface area contributed by atoms with Crippen LogP contribution in [0.4, 0.5) is 0 Å². The van der Waals surface area contributed by atoms with Crippen molar-refractivity contribution in [3.05, 3.63) is 76.5 Å². The number of carbonyl (C=O) groups excluding carboxylic acids is 1. The molecule has 0 aliphatic carbocycles. The molecule has 3 aromatic rings. The van der Waals surface area contributed by atoms with E-state index in [1.807, 2.05) is 12.1 Å². The molecular weight excluding hydrogens is 310 g/mol. The van der Waals surface area contributed by atoms with Crippen molar-refractivity contribution in [2.24, 2.45) is 5.10 Å². The van der Waals surface area contributed by atoms with Gasteiger partial charge < -0.3 is 0 Å². The molecule has 3 rings (SSSR count). The van der Waals surface area contributed by atoms with Gasteiger partial charge in [-0.15, -0.1) is 0 Å². The van der Waals surface area contributed by atoms with E-state index >= 15 is 0 Å². The first-order valence-corrected chi connectivity index (χ1v) is 7.09. The van der Waals surface area contributed by atoms with E-state index in [9.17, 15) is 9.59 Å². The minimum absolute atomic E-state index is 0.306. The summed E-state index contributed by atoms with van der Waals surface area (Å²) in [5, 5.41) is 6.56. The molecule has 0 aliphatic heterocycles. The number of aromatic nitrogens is 3. The van der Waals surface area contributed by atoms with Crippen molar-refractivity contribution in [2.45, 2.75) is 6.92 Å². The van der Waals surface area contributed by atoms with Gasteiger partial charge in [-0.2, -0.15) is 5.10 Å². The molecule has 2 N–H and O–H groups in total. The van der Waals surface area contributed by atoms with Crippen LogP contribution in [0.2, 0.25) is 0 Å². The number of hydrazone groups is 1. The standard InChI is InChI=1S/C16H13N5O3/c1-11(18-19-16(23)13-6-8-17-9-7-13)12-2-4-14(5-3-12)21-10-15(22)24-20-21/h2-10H,1H3,(H-,19,20,22,23)/p+1. The number of rotatable bonds is 4. The molecule has 0 bridgehead atoms. The molecule has 120 valence electrons. The Bertz CT molecular complexity index is 926. The number of benzene rings is 1. The van der Waals surface area contributed by atoms with Gasteiger partial charge in [-0.3, -0.25) is 14.3 Å². The third-order valence-corrected chi connectivity index (χ3v) is 3.31. The summed E-state index contributed by atoms with van der Waals surface area (Å²) in [6.07, 6.45) is 4.38. The van der Waals surface area contributed by atoms with E-state index < -0.39 is 5.63 Å². The molecule has 1 aromatic carbocycles. The van der Waals surface area contributed by atoms with Crippen molar-refractivity contribution in [1.29, 1.82) is 0 Å². The minimum atomic E-state index is -0.462. The fourth-order valence-corrected chi connectivity index (χ4v) is 2.01. The number of aromatic amines is 1. The largest absolute Gasteiger partial charge is 0.427 e. The van der Waals surface area contributed by atoms with Crippen molar-refractivity contribution >= 4 is 11.6 Å². The number of carbonyl (C=O) groups is 1. The summed E-state index contributed by atoms with van der Waals surface area (Å²) >= 11 is 0. The van der Waals surface area contributed by atoms with E-state index in [0.29, 0.717) is 11.3 Å². The number of pyridine rings is 1. The van der Waals surface area contributed by atoms with Crippen LogP contribution >= 0.6 is 0 Å². The van der Waals surface area contributed by atoms with Crippen LogP contribution in [0.5, 0.6) is 0 Å². The molecule has 0 fully saturated rings. The number of nitrogens with zero attached hydrogens (tertiary/aromatic N) is 3. The summed E-state index contributed by atoms with van der Waals surface area (Å²) in [5.74, 6) is -0.306. The summed E-state index contributed by atoms with van der Waals surface area (Å²) in [6.45, 7) is 1.79. The van der Waals surface area contributed by atoms with Crippen molar-refractivity contribution in [3.8, 4) is 5.69 Å². The zero-order valence-corrected chi connectivity index (χ0v) is 12.8. The van der Waals surface area contributed by atoms with Crippen LogP contribution in [0.3, 0.4) is 0 Å². The number of nitrogens with one attached hydrogen (secondary N) is 2. The summed E-state index contributed by atoms with van der Waals surface area (Å²) < 4.78 is 6.07. The van der Waals surface area contributed by atoms with Gasteiger partial charge >= 0.3 is 5.63 Å². The third kappa shape index (κ3) is 3.43. The first-order chi connectivity index (χ1) is 11.6. The molecule has 8 heteroatoms. The highest BCUT2D eigenvalue weighted by molar-refractivity contribution is 6.00. The SMILES string of the molecule is C/C(=N\NC(=O)c1ccncc1)c1ccc(-[n+]2cc(=O)o[nH]2)cc1. The van der Waals surface area contributed by atoms with Gasteiger partial charge in [0.2, 0.25) is 5.69 Å². The van der Waals surface area contributed by atoms with Crippen LogP contribution in [0.15, 0.2) is 69.4 Å². The lowest BCUT2D eigenvalue weighted by Gasteiger charge is -2.02. The monoisotopic (exact) mass is 324 g/mol. The van der Waals surface area contributed by atoms with E-state index in [4.69, 9.17) is 0 Å². The Morgan fingerprint density at radius 3 is 2.50 bits per heavy atom. The number of hydrogen-bond donors (Lipinski definition) is 2. The maximum atomic E-state index is 11.9. The summed E-state index contributed by atoms with van der Waals surface area (Å²) in [5.41, 5.74) is 4.74. The van der Waals surface area contributed by atoms with Crippen molar-refractivity contribution in [2.75, 3.05) is 0 Å². The lowest BCUT2D eigenvalue weighted by molar-refractivity contribution is -0.670. The highest BCUT2D eigenvalue weighted by Crippen LogP contribution is 2.05. The lowest BCUT2D eigenvalue weighted by Crippen LogP contribution is -2.32. The van der Waals surface area contributed by atoms with Crippen molar-refractivity contribution in [3.63, 3.8) is 0 Å². The Morgan fingerprint density at radius 1 is 1.17 bits per heavy atom. The van der Waals surface area contributed by atoms with E-state index in [-0.39, 0.29) is 5.91 Å². The molecule has 0 spiro atoms. The Morgan fingerprint density at radius 2 is 1.88 bits per heavy atom. The molecule has 0 atom stereocenters. The molecule has 0 saturated carbocycles. The van der Waals surface area contributed by atoms with Crippen LogP contribution in [-0.4, -0.2) is 21.9 Å². The minimum Gasteiger partial charge on any atom is -0.283 e. The average Bonchev–Trinajstić information content (AvgIpc) is 3.06. The Labute approximate surface area is 136 Å². The third-order valence-electron chi connectivity index (χ3n) is 3.31. The first-order valence-electron chi connectivity index (χ1n) is 7.09. The maximum Gasteiger partial charge on any atom is 0.427 e. The van der Waals surface area contributed by atoms with Crippen LogP contribution in [0.25, 0.3) is 5.69 Å². The quantitative estimate of drug-likeness (QED) is 0.420. The normalized spacial score (nSPS) is 11.3. The van der Waals surface area contributed by atoms with E-state index in [2.05, 4.69) is 25.3 Å². The summed E-state index contributed by atoms with van der Waals surface area (Å²) in [4.78, 5) is 26.8. The van der Waals surface area contributed by atoms with Gasteiger partial charge in [0, 0.05) is 30.1 Å². The Hall–Kier alpha value is -3.55. The fourth-order valence-electron chi connectivity index (χ4n) is 2.01. The molecule has 0 saturated heterocycles. The second-order valence-electron chi connectivity index (χ2n) is 4.93. The average molecular weight is 324 g/mol. The van der Waals surface area contributed by atoms with Crippen LogP contribution in [0, 0.1) is 0 Å². The second kappa shape index (κ2) is 6.69. The molecule has 1 amide bonds. The second-order valence-corrected chi connectivity index (χ2v) is 4.93. The predicted molar refractivity (Wildman–Crippen MR) is 84.8 cm³/mol. The lowest BCUT2D eigenvalue weighted by atomic mass is 10.1. The van der Waals surface area contributed by atoms with Gasteiger partial charge in [0.05, 0.1) is 5.71 Å². The van der Waals surface area contributed by atoms with Crippen molar-refractivity contribution in [1.82, 2.24) is 15.7 Å². The smallest absolute Gasteiger partial charge is 0.283 e. The molecule has 24 heavy (non-hydrogen) atoms. The number of amides is 1. The highest BCUT2D eigenvalue weighted by Gasteiger charge is 2.10. The van der Waals surface area contributed by atoms with E-state index in [1.54, 1.807) is 43.6 Å². The van der Waals surface area contributed by atoms with Gasteiger partial charge in [-0.05, 0) is 46.7 Å². The van der Waals surface area contributed by atoms with Crippen LogP contribution < -0.4 is 15.7 Å². The molecule has 8 nitrogen and oxygen atoms in total. The topological polar surface area (TPSA) is 104 Å². The van der Waals surface area contributed by atoms with Crippen LogP contribution in [-0.2, 0) is 0 Å². The van der Waals surface area contributed by atoms with Crippen LogP contribution in [0.1, 0.15) is 22.8 Å². The summed E-state index contributed by atoms with van der Waals surface area (Å²) in [7, 11) is 0. The van der Waals surface area contributed by atoms with Gasteiger partial charge in [0.25, 0.3) is 12.1 Å². The molecule has 0 radical (unpaired) electrons. The van der Waals surface area contributed by atoms with Crippen molar-refractivity contribution < 1.29 is 14.0 Å². The summed E-state index contributed by atoms with van der Waals surface area (Å²) in [6, 6.07) is 10.5. The first kappa shape index (κ1) is 15.3. The Kier molecular flexibility index (Phi) is 4.28. The highest BCUT2D eigenvalue weighted by atomic mass is 16.5. The fraction of sp³-hybridized carbons (Fsp3) is 0.0625. The van der Waals surface area contributed by atoms with Gasteiger partial charge in [0.1, 0.15) is 0 Å². The molecule has 0 unspecified atom stereocenters. The molecule has 2 heterocycles. The van der Waals surface area contributed by atoms with E-state index in [1.165, 1.54) is 10.9 Å². The Balaban J connectivity index is 1.71. The zero-order valence-electron chi connectivity index (χ0n) is 12.8. The van der Waals surface area contributed by atoms with Gasteiger partial charge in [0.15, 0.2) is 0 Å². The number of H-pyrrole nitrogens is 1. The molecule has 2 aromatic heterocycles. The molecule has 0 aliphatic rings.